The molecule has 0 radical (unpaired) electrons. The highest BCUT2D eigenvalue weighted by molar-refractivity contribution is 7.99. The summed E-state index contributed by atoms with van der Waals surface area (Å²) in [5, 5.41) is 8.67. The summed E-state index contributed by atoms with van der Waals surface area (Å²) < 4.78 is 1.84. The molecule has 102 valence electrons. The average Bonchev–Trinajstić information content (AvgIpc) is 2.88. The monoisotopic (exact) mass is 297 g/mol. The van der Waals surface area contributed by atoms with Crippen LogP contribution in [0.3, 0.4) is 0 Å². The van der Waals surface area contributed by atoms with Crippen LogP contribution in [-0.2, 0) is 6.54 Å². The molecule has 1 unspecified atom stereocenters. The maximum Gasteiger partial charge on any atom is 0.0778 e. The van der Waals surface area contributed by atoms with Crippen LogP contribution in [0.1, 0.15) is 18.7 Å². The highest BCUT2D eigenvalue weighted by Gasteiger charge is 2.15. The molecular formula is C12H16ClN5S. The maximum atomic E-state index is 5.96. The predicted octanol–water partition coefficient (Wildman–Crippen LogP) is 2.25. The summed E-state index contributed by atoms with van der Waals surface area (Å²) in [7, 11) is 0. The van der Waals surface area contributed by atoms with Crippen molar-refractivity contribution in [3.8, 4) is 0 Å². The van der Waals surface area contributed by atoms with Crippen molar-refractivity contribution in [2.75, 3.05) is 5.75 Å². The maximum absolute atomic E-state index is 5.96. The minimum Gasteiger partial charge on any atom is -0.271 e. The molecule has 2 aromatic rings. The van der Waals surface area contributed by atoms with Gasteiger partial charge in [-0.05, 0) is 25.1 Å². The lowest BCUT2D eigenvalue weighted by atomic mass is 10.2. The summed E-state index contributed by atoms with van der Waals surface area (Å²) in [6.45, 7) is 2.80. The summed E-state index contributed by atoms with van der Waals surface area (Å²) in [4.78, 5) is 1.11. The van der Waals surface area contributed by atoms with Gasteiger partial charge in [-0.25, -0.2) is 4.68 Å². The molecule has 0 saturated heterocycles. The molecule has 0 aliphatic rings. The number of nitrogens with zero attached hydrogens (tertiary/aromatic N) is 3. The zero-order chi connectivity index (χ0) is 13.7. The second kappa shape index (κ2) is 6.91. The van der Waals surface area contributed by atoms with Crippen LogP contribution in [0.15, 0.2) is 35.4 Å². The van der Waals surface area contributed by atoms with Crippen LogP contribution in [0.4, 0.5) is 0 Å². The van der Waals surface area contributed by atoms with Gasteiger partial charge < -0.3 is 0 Å². The smallest absolute Gasteiger partial charge is 0.0778 e. The van der Waals surface area contributed by atoms with Gasteiger partial charge in [0, 0.05) is 22.2 Å². The van der Waals surface area contributed by atoms with Gasteiger partial charge in [-0.3, -0.25) is 11.3 Å². The third-order valence-electron chi connectivity index (χ3n) is 2.72. The Labute approximate surface area is 121 Å². The zero-order valence-corrected chi connectivity index (χ0v) is 12.2. The Kier molecular flexibility index (Phi) is 5.21. The first-order valence-corrected chi connectivity index (χ1v) is 7.33. The first kappa shape index (κ1) is 14.3. The molecule has 0 fully saturated rings. The number of rotatable bonds is 6. The first-order chi connectivity index (χ1) is 9.24. The van der Waals surface area contributed by atoms with E-state index in [4.69, 9.17) is 17.4 Å². The van der Waals surface area contributed by atoms with Crippen molar-refractivity contribution in [3.63, 3.8) is 0 Å². The van der Waals surface area contributed by atoms with E-state index in [9.17, 15) is 0 Å². The number of nitrogens with two attached hydrogens (primary N) is 1. The van der Waals surface area contributed by atoms with E-state index in [1.54, 1.807) is 18.0 Å². The van der Waals surface area contributed by atoms with Gasteiger partial charge in [-0.1, -0.05) is 22.9 Å². The predicted molar refractivity (Wildman–Crippen MR) is 77.9 cm³/mol. The minimum absolute atomic E-state index is 0.000989. The average molecular weight is 298 g/mol. The molecule has 1 atom stereocenters. The Morgan fingerprint density at radius 3 is 3.05 bits per heavy atom. The van der Waals surface area contributed by atoms with Crippen LogP contribution < -0.4 is 11.3 Å². The molecule has 0 saturated carbocycles. The van der Waals surface area contributed by atoms with E-state index < -0.39 is 0 Å². The Balaban J connectivity index is 2.04. The number of nitrogens with one attached hydrogen (secondary N) is 1. The number of hydrazine groups is 1. The second-order valence-electron chi connectivity index (χ2n) is 3.96. The molecule has 0 amide bonds. The number of hydrogen-bond donors (Lipinski definition) is 2. The van der Waals surface area contributed by atoms with Gasteiger partial charge in [-0.2, -0.15) is 0 Å². The molecule has 1 aromatic carbocycles. The van der Waals surface area contributed by atoms with Crippen molar-refractivity contribution < 1.29 is 0 Å². The number of aryl methyl sites for hydroxylation is 1. The van der Waals surface area contributed by atoms with E-state index in [-0.39, 0.29) is 6.04 Å². The van der Waals surface area contributed by atoms with Gasteiger partial charge in [-0.15, -0.1) is 16.9 Å². The molecule has 2 rings (SSSR count). The summed E-state index contributed by atoms with van der Waals surface area (Å²) >= 11 is 7.65. The van der Waals surface area contributed by atoms with Gasteiger partial charge >= 0.3 is 0 Å². The third-order valence-corrected chi connectivity index (χ3v) is 4.04. The number of benzene rings is 1. The summed E-state index contributed by atoms with van der Waals surface area (Å²) in [6, 6.07) is 7.77. The molecular weight excluding hydrogens is 282 g/mol. The molecule has 7 heteroatoms. The molecule has 5 nitrogen and oxygen atoms in total. The van der Waals surface area contributed by atoms with E-state index >= 15 is 0 Å². The van der Waals surface area contributed by atoms with Crippen LogP contribution in [0.25, 0.3) is 0 Å². The fraction of sp³-hybridized carbons (Fsp3) is 0.333. The van der Waals surface area contributed by atoms with Gasteiger partial charge in [0.2, 0.25) is 0 Å². The Morgan fingerprint density at radius 1 is 1.53 bits per heavy atom. The van der Waals surface area contributed by atoms with Crippen LogP contribution in [0, 0.1) is 0 Å². The number of halogens is 1. The largest absolute Gasteiger partial charge is 0.271 e. The number of aromatic nitrogens is 3. The summed E-state index contributed by atoms with van der Waals surface area (Å²) in [5.74, 6) is 6.41. The van der Waals surface area contributed by atoms with Gasteiger partial charge in [0.1, 0.15) is 0 Å². The third kappa shape index (κ3) is 3.70. The Hall–Kier alpha value is -1.08. The molecule has 1 aromatic heterocycles. The van der Waals surface area contributed by atoms with Crippen LogP contribution in [0.5, 0.6) is 0 Å². The van der Waals surface area contributed by atoms with Crippen molar-refractivity contribution in [3.05, 3.63) is 41.2 Å². The highest BCUT2D eigenvalue weighted by Crippen LogP contribution is 2.26. The molecule has 0 spiro atoms. The molecule has 0 bridgehead atoms. The van der Waals surface area contributed by atoms with Crippen molar-refractivity contribution in [2.24, 2.45) is 5.84 Å². The van der Waals surface area contributed by atoms with E-state index in [0.717, 1.165) is 27.9 Å². The normalized spacial score (nSPS) is 12.6. The Bertz CT molecular complexity index is 530. The lowest BCUT2D eigenvalue weighted by molar-refractivity contribution is 0.521. The van der Waals surface area contributed by atoms with Gasteiger partial charge in [0.25, 0.3) is 0 Å². The topological polar surface area (TPSA) is 68.8 Å². The van der Waals surface area contributed by atoms with E-state index in [0.29, 0.717) is 0 Å². The fourth-order valence-electron chi connectivity index (χ4n) is 1.74. The fourth-order valence-corrected chi connectivity index (χ4v) is 3.00. The van der Waals surface area contributed by atoms with Crippen LogP contribution in [0.2, 0.25) is 5.02 Å². The van der Waals surface area contributed by atoms with E-state index in [1.807, 2.05) is 35.9 Å². The molecule has 3 N–H and O–H groups in total. The first-order valence-electron chi connectivity index (χ1n) is 5.97. The summed E-state index contributed by atoms with van der Waals surface area (Å²) in [6.07, 6.45) is 1.74. The number of hydrogen-bond acceptors (Lipinski definition) is 5. The molecule has 0 aliphatic carbocycles. The van der Waals surface area contributed by atoms with Crippen molar-refractivity contribution in [2.45, 2.75) is 24.4 Å². The zero-order valence-electron chi connectivity index (χ0n) is 10.6. The number of thioether (sulfide) groups is 1. The van der Waals surface area contributed by atoms with Gasteiger partial charge in [0.15, 0.2) is 0 Å². The SMILES string of the molecule is CCn1nncc1C(CSc1cccc(Cl)c1)NN. The quantitative estimate of drug-likeness (QED) is 0.486. The standard InChI is InChI=1S/C12H16ClN5S/c1-2-18-12(7-15-17-18)11(16-14)8-19-10-5-3-4-9(13)6-10/h3-7,11,16H,2,8,14H2,1H3. The van der Waals surface area contributed by atoms with Crippen molar-refractivity contribution >= 4 is 23.4 Å². The highest BCUT2D eigenvalue weighted by atomic mass is 35.5. The second-order valence-corrected chi connectivity index (χ2v) is 5.49. The van der Waals surface area contributed by atoms with Crippen molar-refractivity contribution in [1.82, 2.24) is 20.4 Å². The molecule has 0 aliphatic heterocycles. The van der Waals surface area contributed by atoms with Crippen LogP contribution >= 0.6 is 23.4 Å². The molecule has 1 heterocycles. The lowest BCUT2D eigenvalue weighted by Gasteiger charge is -2.16. The minimum atomic E-state index is -0.000989. The van der Waals surface area contributed by atoms with Gasteiger partial charge in [0.05, 0.1) is 17.9 Å². The summed E-state index contributed by atoms with van der Waals surface area (Å²) in [5.41, 5.74) is 3.80. The van der Waals surface area contributed by atoms with E-state index in [1.165, 1.54) is 0 Å². The van der Waals surface area contributed by atoms with E-state index in [2.05, 4.69) is 15.7 Å². The Morgan fingerprint density at radius 2 is 2.37 bits per heavy atom. The van der Waals surface area contributed by atoms with Crippen molar-refractivity contribution in [1.29, 1.82) is 0 Å². The van der Waals surface area contributed by atoms with Crippen LogP contribution in [-0.4, -0.2) is 20.7 Å². The molecule has 19 heavy (non-hydrogen) atoms. The lowest BCUT2D eigenvalue weighted by Crippen LogP contribution is -2.31.